The Hall–Kier alpha value is -1.06. The number of nitrogens with zero attached hydrogens (tertiary/aromatic N) is 1. The molecule has 1 aliphatic heterocycles. The van der Waals surface area contributed by atoms with Gasteiger partial charge in [-0.1, -0.05) is 12.1 Å². The van der Waals surface area contributed by atoms with Gasteiger partial charge in [-0.15, -0.1) is 0 Å². The maximum Gasteiger partial charge on any atom is 0.0636 e. The summed E-state index contributed by atoms with van der Waals surface area (Å²) < 4.78 is 0. The summed E-state index contributed by atoms with van der Waals surface area (Å²) in [5, 5.41) is 12.4. The predicted octanol–water partition coefficient (Wildman–Crippen LogP) is 1.54. The maximum absolute atomic E-state index is 9.19. The second-order valence-electron chi connectivity index (χ2n) is 4.97. The quantitative estimate of drug-likeness (QED) is 0.829. The lowest BCUT2D eigenvalue weighted by Gasteiger charge is -2.27. The molecule has 1 aromatic rings. The second kappa shape index (κ2) is 5.52. The molecule has 0 saturated heterocycles. The zero-order valence-electron chi connectivity index (χ0n) is 10.7. The van der Waals surface area contributed by atoms with Crippen LogP contribution in [0.1, 0.15) is 24.5 Å². The van der Waals surface area contributed by atoms with Crippen molar-refractivity contribution in [1.29, 1.82) is 0 Å². The van der Waals surface area contributed by atoms with Crippen LogP contribution >= 0.6 is 0 Å². The molecule has 0 amide bonds. The summed E-state index contributed by atoms with van der Waals surface area (Å²) in [6, 6.07) is 6.68. The number of benzene rings is 1. The summed E-state index contributed by atoms with van der Waals surface area (Å²) in [5.41, 5.74) is 4.13. The summed E-state index contributed by atoms with van der Waals surface area (Å²) in [5.74, 6) is 0. The van der Waals surface area contributed by atoms with E-state index in [0.717, 1.165) is 13.1 Å². The van der Waals surface area contributed by atoms with Gasteiger partial charge in [-0.2, -0.15) is 0 Å². The molecule has 94 valence electrons. The third-order valence-corrected chi connectivity index (χ3v) is 3.26. The van der Waals surface area contributed by atoms with E-state index in [4.69, 9.17) is 0 Å². The van der Waals surface area contributed by atoms with E-state index in [1.807, 2.05) is 0 Å². The van der Waals surface area contributed by atoms with Crippen LogP contribution in [0.3, 0.4) is 0 Å². The molecule has 1 unspecified atom stereocenters. The summed E-state index contributed by atoms with van der Waals surface area (Å²) >= 11 is 0. The van der Waals surface area contributed by atoms with Gasteiger partial charge in [0.1, 0.15) is 0 Å². The van der Waals surface area contributed by atoms with Crippen LogP contribution in [0.15, 0.2) is 18.2 Å². The summed E-state index contributed by atoms with van der Waals surface area (Å²) in [6.45, 7) is 4.44. The third kappa shape index (κ3) is 3.20. The number of hydrogen-bond donors (Lipinski definition) is 2. The monoisotopic (exact) mass is 234 g/mol. The van der Waals surface area contributed by atoms with Crippen molar-refractivity contribution in [3.05, 3.63) is 29.3 Å². The molecule has 0 aromatic heterocycles. The van der Waals surface area contributed by atoms with Crippen LogP contribution in [-0.4, -0.2) is 31.3 Å². The molecule has 0 radical (unpaired) electrons. The molecule has 1 aliphatic rings. The van der Waals surface area contributed by atoms with Gasteiger partial charge < -0.3 is 15.3 Å². The number of anilines is 1. The van der Waals surface area contributed by atoms with Crippen LogP contribution in [0.4, 0.5) is 5.69 Å². The SMILES string of the molecule is CC(O)CNCc1ccc2c(c1)CCCN2C. The number of hydrogen-bond acceptors (Lipinski definition) is 3. The van der Waals surface area contributed by atoms with Gasteiger partial charge in [0, 0.05) is 32.4 Å². The first-order valence-electron chi connectivity index (χ1n) is 6.38. The Morgan fingerprint density at radius 1 is 1.47 bits per heavy atom. The standard InChI is InChI=1S/C14H22N2O/c1-11(17)9-15-10-12-5-6-14-13(8-12)4-3-7-16(14)2/h5-6,8,11,15,17H,3-4,7,9-10H2,1-2H3. The van der Waals surface area contributed by atoms with Crippen LogP contribution in [0.5, 0.6) is 0 Å². The van der Waals surface area contributed by atoms with E-state index < -0.39 is 0 Å². The fraction of sp³-hybridized carbons (Fsp3) is 0.571. The topological polar surface area (TPSA) is 35.5 Å². The molecule has 3 nitrogen and oxygen atoms in total. The van der Waals surface area contributed by atoms with E-state index in [2.05, 4.69) is 35.5 Å². The lowest BCUT2D eigenvalue weighted by atomic mass is 9.99. The van der Waals surface area contributed by atoms with Crippen molar-refractivity contribution in [3.8, 4) is 0 Å². The summed E-state index contributed by atoms with van der Waals surface area (Å²) in [7, 11) is 2.16. The number of aliphatic hydroxyl groups excluding tert-OH is 1. The second-order valence-corrected chi connectivity index (χ2v) is 4.97. The molecule has 17 heavy (non-hydrogen) atoms. The minimum Gasteiger partial charge on any atom is -0.392 e. The smallest absolute Gasteiger partial charge is 0.0636 e. The summed E-state index contributed by atoms with van der Waals surface area (Å²) in [4.78, 5) is 2.33. The van der Waals surface area contributed by atoms with Crippen molar-refractivity contribution in [3.63, 3.8) is 0 Å². The van der Waals surface area contributed by atoms with Crippen molar-refractivity contribution < 1.29 is 5.11 Å². The maximum atomic E-state index is 9.19. The Balaban J connectivity index is 2.01. The third-order valence-electron chi connectivity index (χ3n) is 3.26. The molecule has 3 heteroatoms. The van der Waals surface area contributed by atoms with E-state index in [-0.39, 0.29) is 6.10 Å². The lowest BCUT2D eigenvalue weighted by molar-refractivity contribution is 0.191. The van der Waals surface area contributed by atoms with Crippen LogP contribution in [-0.2, 0) is 13.0 Å². The Morgan fingerprint density at radius 2 is 2.29 bits per heavy atom. The molecule has 1 aromatic carbocycles. The van der Waals surface area contributed by atoms with Gasteiger partial charge in [0.05, 0.1) is 6.10 Å². The average molecular weight is 234 g/mol. The molecular formula is C14H22N2O. The van der Waals surface area contributed by atoms with Crippen molar-refractivity contribution in [2.75, 3.05) is 25.0 Å². The van der Waals surface area contributed by atoms with Gasteiger partial charge in [0.25, 0.3) is 0 Å². The van der Waals surface area contributed by atoms with Gasteiger partial charge in [0.2, 0.25) is 0 Å². The fourth-order valence-electron chi connectivity index (χ4n) is 2.37. The molecule has 0 bridgehead atoms. The van der Waals surface area contributed by atoms with Crippen molar-refractivity contribution in [2.45, 2.75) is 32.4 Å². The highest BCUT2D eigenvalue weighted by atomic mass is 16.3. The Kier molecular flexibility index (Phi) is 4.02. The van der Waals surface area contributed by atoms with E-state index in [9.17, 15) is 5.11 Å². The Morgan fingerprint density at radius 3 is 3.06 bits per heavy atom. The molecule has 1 heterocycles. The number of rotatable bonds is 4. The first kappa shape index (κ1) is 12.4. The largest absolute Gasteiger partial charge is 0.392 e. The minimum absolute atomic E-state index is 0.279. The predicted molar refractivity (Wildman–Crippen MR) is 71.4 cm³/mol. The van der Waals surface area contributed by atoms with Crippen LogP contribution in [0.2, 0.25) is 0 Å². The number of fused-ring (bicyclic) bond motifs is 1. The molecular weight excluding hydrogens is 212 g/mol. The molecule has 1 atom stereocenters. The number of aryl methyl sites for hydroxylation is 1. The van der Waals surface area contributed by atoms with E-state index in [1.54, 1.807) is 6.92 Å². The van der Waals surface area contributed by atoms with Crippen LogP contribution < -0.4 is 10.2 Å². The van der Waals surface area contributed by atoms with E-state index in [0.29, 0.717) is 6.54 Å². The highest BCUT2D eigenvalue weighted by Gasteiger charge is 2.13. The number of aliphatic hydroxyl groups is 1. The number of nitrogens with one attached hydrogen (secondary N) is 1. The molecule has 2 N–H and O–H groups in total. The minimum atomic E-state index is -0.279. The van der Waals surface area contributed by atoms with E-state index in [1.165, 1.54) is 29.7 Å². The van der Waals surface area contributed by atoms with Gasteiger partial charge >= 0.3 is 0 Å². The van der Waals surface area contributed by atoms with Gasteiger partial charge in [-0.05, 0) is 37.0 Å². The first-order chi connectivity index (χ1) is 8.16. The Labute approximate surface area is 103 Å². The normalized spacial score (nSPS) is 16.8. The van der Waals surface area contributed by atoms with Crippen molar-refractivity contribution in [1.82, 2.24) is 5.32 Å². The first-order valence-corrected chi connectivity index (χ1v) is 6.38. The van der Waals surface area contributed by atoms with Crippen LogP contribution in [0, 0.1) is 0 Å². The molecule has 0 fully saturated rings. The molecule has 0 aliphatic carbocycles. The van der Waals surface area contributed by atoms with Gasteiger partial charge in [0.15, 0.2) is 0 Å². The zero-order valence-corrected chi connectivity index (χ0v) is 10.7. The highest BCUT2D eigenvalue weighted by molar-refractivity contribution is 5.56. The van der Waals surface area contributed by atoms with Gasteiger partial charge in [-0.3, -0.25) is 0 Å². The fourth-order valence-corrected chi connectivity index (χ4v) is 2.37. The van der Waals surface area contributed by atoms with Gasteiger partial charge in [-0.25, -0.2) is 0 Å². The zero-order chi connectivity index (χ0) is 12.3. The molecule has 2 rings (SSSR count). The van der Waals surface area contributed by atoms with Crippen molar-refractivity contribution >= 4 is 5.69 Å². The Bertz CT molecular complexity index is 376. The van der Waals surface area contributed by atoms with Crippen molar-refractivity contribution in [2.24, 2.45) is 0 Å². The van der Waals surface area contributed by atoms with Crippen LogP contribution in [0.25, 0.3) is 0 Å². The van der Waals surface area contributed by atoms with E-state index >= 15 is 0 Å². The highest BCUT2D eigenvalue weighted by Crippen LogP contribution is 2.26. The summed E-state index contributed by atoms with van der Waals surface area (Å²) in [6.07, 6.45) is 2.15. The lowest BCUT2D eigenvalue weighted by Crippen LogP contribution is -2.26. The average Bonchev–Trinajstić information content (AvgIpc) is 2.29. The molecule has 0 spiro atoms. The molecule has 0 saturated carbocycles.